The van der Waals surface area contributed by atoms with Crippen LogP contribution < -0.4 is 9.47 Å². The molecule has 0 saturated carbocycles. The fourth-order valence-corrected chi connectivity index (χ4v) is 2.81. The first kappa shape index (κ1) is 14.7. The van der Waals surface area contributed by atoms with Gasteiger partial charge in [0, 0.05) is 38.2 Å². The molecule has 0 N–H and O–H groups in total. The van der Waals surface area contributed by atoms with Crippen LogP contribution in [0.4, 0.5) is 0 Å². The number of fused-ring (bicyclic) bond motifs is 1. The van der Waals surface area contributed by atoms with Crippen LogP contribution in [-0.2, 0) is 4.79 Å². The van der Waals surface area contributed by atoms with E-state index in [1.807, 2.05) is 11.8 Å². The van der Waals surface area contributed by atoms with Crippen LogP contribution in [0.1, 0.15) is 30.1 Å². The van der Waals surface area contributed by atoms with Gasteiger partial charge in [0.2, 0.25) is 12.7 Å². The van der Waals surface area contributed by atoms with Gasteiger partial charge in [-0.05, 0) is 24.6 Å². The lowest BCUT2D eigenvalue weighted by Crippen LogP contribution is -2.37. The summed E-state index contributed by atoms with van der Waals surface area (Å²) in [7, 11) is 0. The van der Waals surface area contributed by atoms with Crippen LogP contribution in [0, 0.1) is 0 Å². The van der Waals surface area contributed by atoms with Crippen molar-refractivity contribution in [3.05, 3.63) is 23.8 Å². The molecule has 1 fully saturated rings. The third-order valence-electron chi connectivity index (χ3n) is 4.06. The molecule has 0 radical (unpaired) electrons. The van der Waals surface area contributed by atoms with E-state index >= 15 is 0 Å². The number of benzene rings is 1. The zero-order valence-corrected chi connectivity index (χ0v) is 12.7. The third kappa shape index (κ3) is 2.86. The number of nitrogens with zero attached hydrogens (tertiary/aromatic N) is 2. The SMILES string of the molecule is CCC(=O)N1CCCN(C(=O)c2ccc3c(c2)OCO3)CC1. The van der Waals surface area contributed by atoms with Crippen molar-refractivity contribution >= 4 is 11.8 Å². The van der Waals surface area contributed by atoms with Gasteiger partial charge in [-0.3, -0.25) is 9.59 Å². The lowest BCUT2D eigenvalue weighted by molar-refractivity contribution is -0.130. The van der Waals surface area contributed by atoms with Crippen molar-refractivity contribution < 1.29 is 19.1 Å². The Bertz CT molecular complexity index is 588. The molecule has 0 aliphatic carbocycles. The maximum atomic E-state index is 12.6. The van der Waals surface area contributed by atoms with Gasteiger partial charge in [0.1, 0.15) is 0 Å². The minimum absolute atomic E-state index is 0.0240. The highest BCUT2D eigenvalue weighted by molar-refractivity contribution is 5.95. The molecule has 22 heavy (non-hydrogen) atoms. The Hall–Kier alpha value is -2.24. The maximum absolute atomic E-state index is 12.6. The minimum Gasteiger partial charge on any atom is -0.454 e. The van der Waals surface area contributed by atoms with Gasteiger partial charge in [-0.2, -0.15) is 0 Å². The van der Waals surface area contributed by atoms with Crippen LogP contribution in [0.15, 0.2) is 18.2 Å². The molecule has 2 aliphatic heterocycles. The van der Waals surface area contributed by atoms with Crippen LogP contribution in [0.25, 0.3) is 0 Å². The zero-order chi connectivity index (χ0) is 15.5. The summed E-state index contributed by atoms with van der Waals surface area (Å²) in [6, 6.07) is 5.25. The van der Waals surface area contributed by atoms with Gasteiger partial charge >= 0.3 is 0 Å². The van der Waals surface area contributed by atoms with Crippen LogP contribution in [0.2, 0.25) is 0 Å². The average molecular weight is 304 g/mol. The fourth-order valence-electron chi connectivity index (χ4n) is 2.81. The molecule has 3 rings (SSSR count). The molecular weight excluding hydrogens is 284 g/mol. The molecule has 2 heterocycles. The Morgan fingerprint density at radius 3 is 2.59 bits per heavy atom. The Kier molecular flexibility index (Phi) is 4.18. The predicted octanol–water partition coefficient (Wildman–Crippen LogP) is 1.50. The fraction of sp³-hybridized carbons (Fsp3) is 0.500. The molecule has 0 aromatic heterocycles. The summed E-state index contributed by atoms with van der Waals surface area (Å²) in [6.45, 7) is 4.62. The Morgan fingerprint density at radius 1 is 1.05 bits per heavy atom. The van der Waals surface area contributed by atoms with Crippen LogP contribution in [0.5, 0.6) is 11.5 Å². The van der Waals surface area contributed by atoms with E-state index in [0.29, 0.717) is 43.1 Å². The highest BCUT2D eigenvalue weighted by Gasteiger charge is 2.23. The van der Waals surface area contributed by atoms with E-state index in [4.69, 9.17) is 9.47 Å². The molecule has 0 bridgehead atoms. The van der Waals surface area contributed by atoms with Crippen LogP contribution in [0.3, 0.4) is 0 Å². The van der Waals surface area contributed by atoms with E-state index in [2.05, 4.69) is 0 Å². The summed E-state index contributed by atoms with van der Waals surface area (Å²) in [5, 5.41) is 0. The summed E-state index contributed by atoms with van der Waals surface area (Å²) in [5.41, 5.74) is 0.597. The number of hydrogen-bond acceptors (Lipinski definition) is 4. The largest absolute Gasteiger partial charge is 0.454 e. The monoisotopic (exact) mass is 304 g/mol. The van der Waals surface area contributed by atoms with E-state index in [1.54, 1.807) is 23.1 Å². The topological polar surface area (TPSA) is 59.1 Å². The molecule has 6 nitrogen and oxygen atoms in total. The second kappa shape index (κ2) is 6.25. The standard InChI is InChI=1S/C16H20N2O4/c1-2-15(19)17-6-3-7-18(9-8-17)16(20)12-4-5-13-14(10-12)22-11-21-13/h4-5,10H,2-3,6-9,11H2,1H3. The quantitative estimate of drug-likeness (QED) is 0.831. The number of rotatable bonds is 2. The maximum Gasteiger partial charge on any atom is 0.254 e. The number of ether oxygens (including phenoxy) is 2. The van der Waals surface area contributed by atoms with Crippen molar-refractivity contribution in [3.63, 3.8) is 0 Å². The molecule has 2 aliphatic rings. The average Bonchev–Trinajstić information content (AvgIpc) is 2.88. The first-order valence-corrected chi connectivity index (χ1v) is 7.65. The second-order valence-corrected chi connectivity index (χ2v) is 5.45. The van der Waals surface area contributed by atoms with Crippen molar-refractivity contribution in [1.29, 1.82) is 0 Å². The van der Waals surface area contributed by atoms with Crippen molar-refractivity contribution in [2.45, 2.75) is 19.8 Å². The van der Waals surface area contributed by atoms with Gasteiger partial charge in [-0.1, -0.05) is 6.92 Å². The van der Waals surface area contributed by atoms with Gasteiger partial charge in [0.05, 0.1) is 0 Å². The Morgan fingerprint density at radius 2 is 1.77 bits per heavy atom. The first-order valence-electron chi connectivity index (χ1n) is 7.65. The van der Waals surface area contributed by atoms with Crippen molar-refractivity contribution in [3.8, 4) is 11.5 Å². The van der Waals surface area contributed by atoms with Gasteiger partial charge < -0.3 is 19.3 Å². The third-order valence-corrected chi connectivity index (χ3v) is 4.06. The van der Waals surface area contributed by atoms with E-state index in [9.17, 15) is 9.59 Å². The molecule has 0 spiro atoms. The van der Waals surface area contributed by atoms with E-state index in [-0.39, 0.29) is 18.6 Å². The molecule has 118 valence electrons. The van der Waals surface area contributed by atoms with E-state index in [0.717, 1.165) is 13.0 Å². The summed E-state index contributed by atoms with van der Waals surface area (Å²) >= 11 is 0. The smallest absolute Gasteiger partial charge is 0.254 e. The van der Waals surface area contributed by atoms with Gasteiger partial charge in [-0.15, -0.1) is 0 Å². The zero-order valence-electron chi connectivity index (χ0n) is 12.7. The van der Waals surface area contributed by atoms with Gasteiger partial charge in [-0.25, -0.2) is 0 Å². The lowest BCUT2D eigenvalue weighted by Gasteiger charge is -2.22. The number of carbonyl (C=O) groups excluding carboxylic acids is 2. The van der Waals surface area contributed by atoms with Crippen molar-refractivity contribution in [2.75, 3.05) is 33.0 Å². The predicted molar refractivity (Wildman–Crippen MR) is 80.0 cm³/mol. The number of carbonyl (C=O) groups is 2. The van der Waals surface area contributed by atoms with Crippen LogP contribution >= 0.6 is 0 Å². The molecule has 0 unspecified atom stereocenters. The normalized spacial score (nSPS) is 17.3. The lowest BCUT2D eigenvalue weighted by atomic mass is 10.1. The first-order chi connectivity index (χ1) is 10.7. The van der Waals surface area contributed by atoms with Crippen LogP contribution in [-0.4, -0.2) is 54.6 Å². The van der Waals surface area contributed by atoms with E-state index < -0.39 is 0 Å². The Labute approximate surface area is 129 Å². The summed E-state index contributed by atoms with van der Waals surface area (Å²) < 4.78 is 10.6. The minimum atomic E-state index is -0.0240. The summed E-state index contributed by atoms with van der Waals surface area (Å²) in [6.07, 6.45) is 1.32. The molecule has 1 aromatic carbocycles. The highest BCUT2D eigenvalue weighted by atomic mass is 16.7. The molecule has 0 atom stereocenters. The van der Waals surface area contributed by atoms with Crippen molar-refractivity contribution in [2.24, 2.45) is 0 Å². The van der Waals surface area contributed by atoms with Gasteiger partial charge in [0.15, 0.2) is 11.5 Å². The summed E-state index contributed by atoms with van der Waals surface area (Å²) in [5.74, 6) is 1.41. The highest BCUT2D eigenvalue weighted by Crippen LogP contribution is 2.32. The Balaban J connectivity index is 1.69. The second-order valence-electron chi connectivity index (χ2n) is 5.45. The molecule has 1 saturated heterocycles. The molecular formula is C16H20N2O4. The van der Waals surface area contributed by atoms with Gasteiger partial charge in [0.25, 0.3) is 5.91 Å². The number of hydrogen-bond donors (Lipinski definition) is 0. The summed E-state index contributed by atoms with van der Waals surface area (Å²) in [4.78, 5) is 28.1. The molecule has 2 amide bonds. The molecule has 6 heteroatoms. The van der Waals surface area contributed by atoms with E-state index in [1.165, 1.54) is 0 Å². The number of amides is 2. The molecule has 1 aromatic rings. The van der Waals surface area contributed by atoms with Crippen molar-refractivity contribution in [1.82, 2.24) is 9.80 Å².